The monoisotopic (exact) mass is 310 g/mol. The Morgan fingerprint density at radius 3 is 2.65 bits per heavy atom. The lowest BCUT2D eigenvalue weighted by molar-refractivity contribution is 0.311. The summed E-state index contributed by atoms with van der Waals surface area (Å²) in [6.45, 7) is 2.45. The predicted octanol–water partition coefficient (Wildman–Crippen LogP) is 2.41. The average molecular weight is 310 g/mol. The van der Waals surface area contributed by atoms with Crippen LogP contribution in [0.1, 0.15) is 5.69 Å². The number of aromatic nitrogens is 3. The Bertz CT molecular complexity index is 819. The highest BCUT2D eigenvalue weighted by Crippen LogP contribution is 2.32. The van der Waals surface area contributed by atoms with E-state index in [2.05, 4.69) is 20.5 Å². The third kappa shape index (κ3) is 3.07. The molecular weight excluding hydrogens is 292 g/mol. The summed E-state index contributed by atoms with van der Waals surface area (Å²) in [7, 11) is 1.64. The normalized spacial score (nSPS) is 10.7. The van der Waals surface area contributed by atoms with Crippen LogP contribution in [-0.4, -0.2) is 40.5 Å². The van der Waals surface area contributed by atoms with Gasteiger partial charge in [0.1, 0.15) is 17.1 Å². The molecule has 0 unspecified atom stereocenters. The van der Waals surface area contributed by atoms with Gasteiger partial charge in [0, 0.05) is 23.2 Å². The number of nitrogens with one attached hydrogen (secondary N) is 1. The maximum absolute atomic E-state index is 8.82. The van der Waals surface area contributed by atoms with Gasteiger partial charge in [-0.15, -0.1) is 10.2 Å². The van der Waals surface area contributed by atoms with Gasteiger partial charge in [-0.1, -0.05) is 6.07 Å². The number of benzene rings is 1. The lowest BCUT2D eigenvalue weighted by atomic mass is 10.0. The third-order valence-electron chi connectivity index (χ3n) is 3.54. The van der Waals surface area contributed by atoms with Crippen molar-refractivity contribution >= 4 is 16.7 Å². The minimum Gasteiger partial charge on any atom is -0.494 e. The Morgan fingerprint density at radius 2 is 1.96 bits per heavy atom. The summed E-state index contributed by atoms with van der Waals surface area (Å²) >= 11 is 0. The number of hydrogen-bond acceptors (Lipinski definition) is 6. The molecule has 6 nitrogen and oxygen atoms in total. The molecule has 2 N–H and O–H groups in total. The largest absolute Gasteiger partial charge is 0.494 e. The second kappa shape index (κ2) is 6.58. The zero-order valence-corrected chi connectivity index (χ0v) is 13.1. The Morgan fingerprint density at radius 1 is 1.09 bits per heavy atom. The number of aryl methyl sites for hydroxylation is 1. The van der Waals surface area contributed by atoms with E-state index >= 15 is 0 Å². The molecule has 6 heteroatoms. The molecule has 3 rings (SSSR count). The molecule has 0 amide bonds. The summed E-state index contributed by atoms with van der Waals surface area (Å²) in [4.78, 5) is 4.58. The standard InChI is InChI=1S/C17H18N4O2/c1-11-3-4-13-12(5-7-15(23-2)17(13)19-11)14-6-8-16(21-20-14)18-9-10-22/h3-8,22H,9-10H2,1-2H3,(H,18,21). The molecule has 0 saturated carbocycles. The zero-order chi connectivity index (χ0) is 16.2. The van der Waals surface area contributed by atoms with Gasteiger partial charge in [0.25, 0.3) is 0 Å². The number of aliphatic hydroxyl groups is 1. The number of hydrogen-bond donors (Lipinski definition) is 2. The van der Waals surface area contributed by atoms with Crippen LogP contribution < -0.4 is 10.1 Å². The molecule has 0 aliphatic heterocycles. The Hall–Kier alpha value is -2.73. The van der Waals surface area contributed by atoms with Crippen LogP contribution in [-0.2, 0) is 0 Å². The summed E-state index contributed by atoms with van der Waals surface area (Å²) < 4.78 is 5.40. The molecule has 0 aliphatic carbocycles. The van der Waals surface area contributed by atoms with E-state index in [-0.39, 0.29) is 6.61 Å². The van der Waals surface area contributed by atoms with E-state index in [9.17, 15) is 0 Å². The van der Waals surface area contributed by atoms with Crippen LogP contribution in [0.25, 0.3) is 22.2 Å². The van der Waals surface area contributed by atoms with Gasteiger partial charge < -0.3 is 15.2 Å². The molecule has 2 aromatic heterocycles. The van der Waals surface area contributed by atoms with Gasteiger partial charge in [0.2, 0.25) is 0 Å². The zero-order valence-electron chi connectivity index (χ0n) is 13.1. The third-order valence-corrected chi connectivity index (χ3v) is 3.54. The topological polar surface area (TPSA) is 80.2 Å². The fourth-order valence-corrected chi connectivity index (χ4v) is 2.43. The molecule has 3 aromatic rings. The molecule has 0 atom stereocenters. The number of fused-ring (bicyclic) bond motifs is 1. The lowest BCUT2D eigenvalue weighted by Crippen LogP contribution is -2.07. The van der Waals surface area contributed by atoms with Gasteiger partial charge in [-0.25, -0.2) is 4.98 Å². The van der Waals surface area contributed by atoms with E-state index < -0.39 is 0 Å². The van der Waals surface area contributed by atoms with E-state index in [1.165, 1.54) is 0 Å². The molecule has 0 saturated heterocycles. The highest BCUT2D eigenvalue weighted by molar-refractivity contribution is 5.97. The van der Waals surface area contributed by atoms with Crippen LogP contribution in [0.3, 0.4) is 0 Å². The van der Waals surface area contributed by atoms with Gasteiger partial charge in [-0.2, -0.15) is 0 Å². The van der Waals surface area contributed by atoms with E-state index in [4.69, 9.17) is 9.84 Å². The van der Waals surface area contributed by atoms with Crippen molar-refractivity contribution in [3.8, 4) is 17.0 Å². The van der Waals surface area contributed by atoms with Crippen molar-refractivity contribution in [3.05, 3.63) is 42.1 Å². The number of aliphatic hydroxyl groups excluding tert-OH is 1. The molecule has 1 aromatic carbocycles. The fourth-order valence-electron chi connectivity index (χ4n) is 2.43. The van der Waals surface area contributed by atoms with E-state index in [1.807, 2.05) is 43.3 Å². The van der Waals surface area contributed by atoms with Crippen LogP contribution in [0.15, 0.2) is 36.4 Å². The maximum atomic E-state index is 8.82. The van der Waals surface area contributed by atoms with Gasteiger partial charge in [0.15, 0.2) is 0 Å². The van der Waals surface area contributed by atoms with Crippen LogP contribution in [0.5, 0.6) is 5.75 Å². The molecule has 2 heterocycles. The van der Waals surface area contributed by atoms with Crippen molar-refractivity contribution in [2.75, 3.05) is 25.6 Å². The fraction of sp³-hybridized carbons (Fsp3) is 0.235. The van der Waals surface area contributed by atoms with E-state index in [1.54, 1.807) is 7.11 Å². The van der Waals surface area contributed by atoms with Crippen LogP contribution in [0.2, 0.25) is 0 Å². The van der Waals surface area contributed by atoms with Gasteiger partial charge in [0.05, 0.1) is 19.4 Å². The first-order valence-corrected chi connectivity index (χ1v) is 7.36. The summed E-state index contributed by atoms with van der Waals surface area (Å²) in [5, 5.41) is 21.2. The van der Waals surface area contributed by atoms with E-state index in [0.717, 1.165) is 33.6 Å². The first-order valence-electron chi connectivity index (χ1n) is 7.36. The minimum atomic E-state index is 0.0531. The number of ether oxygens (including phenoxy) is 1. The SMILES string of the molecule is COc1ccc(-c2ccc(NCCO)nn2)c2ccc(C)nc12. The lowest BCUT2D eigenvalue weighted by Gasteiger charge is -2.10. The number of anilines is 1. The summed E-state index contributed by atoms with van der Waals surface area (Å²) in [5.41, 5.74) is 3.46. The Labute approximate surface area is 134 Å². The Kier molecular flexibility index (Phi) is 4.34. The van der Waals surface area contributed by atoms with E-state index in [0.29, 0.717) is 12.4 Å². The Balaban J connectivity index is 2.06. The molecule has 118 valence electrons. The smallest absolute Gasteiger partial charge is 0.148 e. The quantitative estimate of drug-likeness (QED) is 0.753. The predicted molar refractivity (Wildman–Crippen MR) is 89.6 cm³/mol. The van der Waals surface area contributed by atoms with Crippen molar-refractivity contribution in [1.29, 1.82) is 0 Å². The molecule has 23 heavy (non-hydrogen) atoms. The second-order valence-electron chi connectivity index (χ2n) is 5.12. The molecule has 0 aliphatic rings. The van der Waals surface area contributed by atoms with Crippen molar-refractivity contribution in [3.63, 3.8) is 0 Å². The van der Waals surface area contributed by atoms with Gasteiger partial charge >= 0.3 is 0 Å². The molecule has 0 bridgehead atoms. The van der Waals surface area contributed by atoms with Crippen molar-refractivity contribution in [2.24, 2.45) is 0 Å². The second-order valence-corrected chi connectivity index (χ2v) is 5.12. The average Bonchev–Trinajstić information content (AvgIpc) is 2.59. The van der Waals surface area contributed by atoms with Crippen LogP contribution in [0, 0.1) is 6.92 Å². The van der Waals surface area contributed by atoms with Crippen LogP contribution in [0.4, 0.5) is 5.82 Å². The summed E-state index contributed by atoms with van der Waals surface area (Å²) in [6, 6.07) is 11.6. The summed E-state index contributed by atoms with van der Waals surface area (Å²) in [5.74, 6) is 1.37. The number of pyridine rings is 1. The van der Waals surface area contributed by atoms with Gasteiger partial charge in [-0.3, -0.25) is 0 Å². The van der Waals surface area contributed by atoms with Crippen molar-refractivity contribution in [2.45, 2.75) is 6.92 Å². The van der Waals surface area contributed by atoms with Crippen LogP contribution >= 0.6 is 0 Å². The van der Waals surface area contributed by atoms with Crippen molar-refractivity contribution < 1.29 is 9.84 Å². The number of methoxy groups -OCH3 is 1. The highest BCUT2D eigenvalue weighted by Gasteiger charge is 2.11. The molecule has 0 radical (unpaired) electrons. The highest BCUT2D eigenvalue weighted by atomic mass is 16.5. The van der Waals surface area contributed by atoms with Gasteiger partial charge in [-0.05, 0) is 37.3 Å². The molecule has 0 spiro atoms. The summed E-state index contributed by atoms with van der Waals surface area (Å²) in [6.07, 6.45) is 0. The molecule has 0 fully saturated rings. The maximum Gasteiger partial charge on any atom is 0.148 e. The first kappa shape index (κ1) is 15.2. The minimum absolute atomic E-state index is 0.0531. The number of rotatable bonds is 5. The molecular formula is C17H18N4O2. The number of nitrogens with zero attached hydrogens (tertiary/aromatic N) is 3. The first-order chi connectivity index (χ1) is 11.2. The van der Waals surface area contributed by atoms with Crippen molar-refractivity contribution in [1.82, 2.24) is 15.2 Å².